The van der Waals surface area contributed by atoms with Crippen LogP contribution in [0.15, 0.2) is 24.3 Å². The summed E-state index contributed by atoms with van der Waals surface area (Å²) in [7, 11) is 0. The van der Waals surface area contributed by atoms with Crippen LogP contribution in [0.2, 0.25) is 0 Å². The molecule has 0 bridgehead atoms. The normalized spacial score (nSPS) is 10.5. The second-order valence-corrected chi connectivity index (χ2v) is 4.02. The van der Waals surface area contributed by atoms with Crippen molar-refractivity contribution in [3.63, 3.8) is 0 Å². The number of anilines is 2. The van der Waals surface area contributed by atoms with Gasteiger partial charge in [0.05, 0.1) is 0 Å². The molecule has 8 heteroatoms. The van der Waals surface area contributed by atoms with Crippen molar-refractivity contribution in [2.24, 2.45) is 0 Å². The van der Waals surface area contributed by atoms with E-state index in [2.05, 4.69) is 0 Å². The van der Waals surface area contributed by atoms with Gasteiger partial charge in [-0.1, -0.05) is 6.07 Å². The number of nitrogen functional groups attached to an aromatic ring is 1. The largest absolute Gasteiger partial charge is 0.399 e. The zero-order chi connectivity index (χ0) is 15.7. The molecular formula is C13H7F5N2O. The van der Waals surface area contributed by atoms with E-state index < -0.39 is 40.7 Å². The number of carbonyl (C=O) groups is 1. The molecule has 21 heavy (non-hydrogen) atoms. The van der Waals surface area contributed by atoms with Crippen LogP contribution in [0.4, 0.5) is 33.3 Å². The van der Waals surface area contributed by atoms with Gasteiger partial charge in [-0.3, -0.25) is 4.79 Å². The van der Waals surface area contributed by atoms with E-state index in [-0.39, 0.29) is 11.3 Å². The molecule has 0 aliphatic carbocycles. The Morgan fingerprint density at radius 3 is 1.95 bits per heavy atom. The number of nitrogens with two attached hydrogens (primary N) is 1. The lowest BCUT2D eigenvalue weighted by Gasteiger charge is -2.10. The fourth-order valence-corrected chi connectivity index (χ4v) is 1.58. The average Bonchev–Trinajstić information content (AvgIpc) is 2.47. The highest BCUT2D eigenvalue weighted by Crippen LogP contribution is 2.27. The van der Waals surface area contributed by atoms with Gasteiger partial charge in [-0.05, 0) is 18.2 Å². The molecule has 0 radical (unpaired) electrons. The predicted octanol–water partition coefficient (Wildman–Crippen LogP) is 3.22. The number of benzene rings is 2. The SMILES string of the molecule is Nc1cccc(C(=O)Nc2c(F)c(F)c(F)c(F)c2F)c1. The molecule has 2 aromatic carbocycles. The van der Waals surface area contributed by atoms with Gasteiger partial charge in [-0.2, -0.15) is 0 Å². The summed E-state index contributed by atoms with van der Waals surface area (Å²) >= 11 is 0. The maximum atomic E-state index is 13.4. The van der Waals surface area contributed by atoms with Gasteiger partial charge in [0, 0.05) is 11.3 Å². The van der Waals surface area contributed by atoms with Gasteiger partial charge >= 0.3 is 0 Å². The van der Waals surface area contributed by atoms with Gasteiger partial charge < -0.3 is 11.1 Å². The molecule has 2 aromatic rings. The van der Waals surface area contributed by atoms with Gasteiger partial charge in [-0.25, -0.2) is 22.0 Å². The summed E-state index contributed by atoms with van der Waals surface area (Å²) in [5.41, 5.74) is 4.10. The van der Waals surface area contributed by atoms with Crippen LogP contribution in [0.25, 0.3) is 0 Å². The van der Waals surface area contributed by atoms with Crippen LogP contribution < -0.4 is 11.1 Å². The maximum absolute atomic E-state index is 13.4. The molecule has 0 saturated carbocycles. The smallest absolute Gasteiger partial charge is 0.255 e. The van der Waals surface area contributed by atoms with Crippen molar-refractivity contribution in [2.45, 2.75) is 0 Å². The Balaban J connectivity index is 2.43. The van der Waals surface area contributed by atoms with Gasteiger partial charge in [0.15, 0.2) is 23.3 Å². The van der Waals surface area contributed by atoms with Crippen LogP contribution in [0.5, 0.6) is 0 Å². The summed E-state index contributed by atoms with van der Waals surface area (Å²) < 4.78 is 65.6. The minimum Gasteiger partial charge on any atom is -0.399 e. The summed E-state index contributed by atoms with van der Waals surface area (Å²) in [5.74, 6) is -11.9. The summed E-state index contributed by atoms with van der Waals surface area (Å²) in [6.07, 6.45) is 0. The van der Waals surface area contributed by atoms with E-state index in [1.807, 2.05) is 0 Å². The van der Waals surface area contributed by atoms with Crippen LogP contribution in [-0.2, 0) is 0 Å². The Morgan fingerprint density at radius 1 is 0.905 bits per heavy atom. The van der Waals surface area contributed by atoms with Crippen LogP contribution >= 0.6 is 0 Å². The van der Waals surface area contributed by atoms with E-state index in [0.717, 1.165) is 0 Å². The molecule has 0 aromatic heterocycles. The zero-order valence-electron chi connectivity index (χ0n) is 10.2. The first-order chi connectivity index (χ1) is 9.82. The fourth-order valence-electron chi connectivity index (χ4n) is 1.58. The van der Waals surface area contributed by atoms with Crippen LogP contribution in [0.3, 0.4) is 0 Å². The van der Waals surface area contributed by atoms with Crippen molar-refractivity contribution >= 4 is 17.3 Å². The van der Waals surface area contributed by atoms with E-state index in [1.165, 1.54) is 24.3 Å². The highest BCUT2D eigenvalue weighted by Gasteiger charge is 2.27. The van der Waals surface area contributed by atoms with Crippen LogP contribution in [0, 0.1) is 29.1 Å². The molecule has 0 saturated heterocycles. The third-order valence-electron chi connectivity index (χ3n) is 2.60. The van der Waals surface area contributed by atoms with Gasteiger partial charge in [0.2, 0.25) is 5.82 Å². The first kappa shape index (κ1) is 14.8. The Morgan fingerprint density at radius 2 is 1.43 bits per heavy atom. The molecule has 1 amide bonds. The third kappa shape index (κ3) is 2.64. The number of halogens is 5. The van der Waals surface area contributed by atoms with E-state index in [9.17, 15) is 26.7 Å². The van der Waals surface area contributed by atoms with E-state index in [1.54, 1.807) is 5.32 Å². The fraction of sp³-hybridized carbons (Fsp3) is 0. The number of rotatable bonds is 2. The van der Waals surface area contributed by atoms with Crippen molar-refractivity contribution in [1.29, 1.82) is 0 Å². The Bertz CT molecular complexity index is 704. The Kier molecular flexibility index (Phi) is 3.79. The number of carbonyl (C=O) groups excluding carboxylic acids is 1. The van der Waals surface area contributed by atoms with Gasteiger partial charge in [0.25, 0.3) is 5.91 Å². The molecule has 0 aliphatic rings. The van der Waals surface area contributed by atoms with Gasteiger partial charge in [-0.15, -0.1) is 0 Å². The summed E-state index contributed by atoms with van der Waals surface area (Å²) in [5, 5.41) is 1.64. The minimum absolute atomic E-state index is 0.0982. The first-order valence-corrected chi connectivity index (χ1v) is 5.51. The molecule has 0 spiro atoms. The molecular weight excluding hydrogens is 295 g/mol. The number of nitrogens with one attached hydrogen (secondary N) is 1. The quantitative estimate of drug-likeness (QED) is 0.387. The highest BCUT2D eigenvalue weighted by molar-refractivity contribution is 6.04. The van der Waals surface area contributed by atoms with Crippen molar-refractivity contribution in [3.8, 4) is 0 Å². The molecule has 3 N–H and O–H groups in total. The zero-order valence-corrected chi connectivity index (χ0v) is 10.2. The maximum Gasteiger partial charge on any atom is 0.255 e. The van der Waals surface area contributed by atoms with E-state index in [4.69, 9.17) is 5.73 Å². The second kappa shape index (κ2) is 5.39. The predicted molar refractivity (Wildman–Crippen MR) is 65.0 cm³/mol. The van der Waals surface area contributed by atoms with Crippen LogP contribution in [0.1, 0.15) is 10.4 Å². The Hall–Kier alpha value is -2.64. The first-order valence-electron chi connectivity index (χ1n) is 5.51. The molecule has 2 rings (SSSR count). The molecule has 0 atom stereocenters. The average molecular weight is 302 g/mol. The number of hydrogen-bond donors (Lipinski definition) is 2. The summed E-state index contributed by atoms with van der Waals surface area (Å²) in [6.45, 7) is 0. The topological polar surface area (TPSA) is 55.1 Å². The lowest BCUT2D eigenvalue weighted by molar-refractivity contribution is 0.102. The monoisotopic (exact) mass is 302 g/mol. The molecule has 0 fully saturated rings. The lowest BCUT2D eigenvalue weighted by Crippen LogP contribution is -2.17. The van der Waals surface area contributed by atoms with Crippen LogP contribution in [-0.4, -0.2) is 5.91 Å². The highest BCUT2D eigenvalue weighted by atomic mass is 19.2. The lowest BCUT2D eigenvalue weighted by atomic mass is 10.1. The number of hydrogen-bond acceptors (Lipinski definition) is 2. The van der Waals surface area contributed by atoms with Crippen molar-refractivity contribution in [2.75, 3.05) is 11.1 Å². The van der Waals surface area contributed by atoms with E-state index in [0.29, 0.717) is 0 Å². The standard InChI is InChI=1S/C13H7F5N2O/c14-7-8(15)10(17)12(11(18)9(7)16)20-13(21)5-2-1-3-6(19)4-5/h1-4H,19H2,(H,20,21). The van der Waals surface area contributed by atoms with Gasteiger partial charge in [0.1, 0.15) is 5.69 Å². The minimum atomic E-state index is -2.30. The molecule has 0 heterocycles. The molecule has 0 unspecified atom stereocenters. The third-order valence-corrected chi connectivity index (χ3v) is 2.60. The van der Waals surface area contributed by atoms with Crippen molar-refractivity contribution < 1.29 is 26.7 Å². The van der Waals surface area contributed by atoms with Crippen molar-refractivity contribution in [1.82, 2.24) is 0 Å². The molecule has 3 nitrogen and oxygen atoms in total. The second-order valence-electron chi connectivity index (χ2n) is 4.02. The number of amides is 1. The Labute approximate surface area is 115 Å². The van der Waals surface area contributed by atoms with E-state index >= 15 is 0 Å². The summed E-state index contributed by atoms with van der Waals surface area (Å²) in [4.78, 5) is 11.7. The molecule has 0 aliphatic heterocycles. The molecule has 110 valence electrons. The van der Waals surface area contributed by atoms with Crippen molar-refractivity contribution in [3.05, 3.63) is 58.9 Å². The summed E-state index contributed by atoms with van der Waals surface area (Å²) in [6, 6.07) is 5.29.